The number of urea groups is 1. The molecule has 4 N–H and O–H groups in total. The highest BCUT2D eigenvalue weighted by Crippen LogP contribution is 2.14. The second kappa shape index (κ2) is 5.93. The molecule has 0 spiro atoms. The van der Waals surface area contributed by atoms with Crippen molar-refractivity contribution in [2.45, 2.75) is 6.92 Å². The van der Waals surface area contributed by atoms with Gasteiger partial charge in [-0.1, -0.05) is 0 Å². The molecule has 94 valence electrons. The zero-order valence-electron chi connectivity index (χ0n) is 10.4. The van der Waals surface area contributed by atoms with E-state index in [-0.39, 0.29) is 6.03 Å². The summed E-state index contributed by atoms with van der Waals surface area (Å²) in [6, 6.07) is 1.74. The van der Waals surface area contributed by atoms with Gasteiger partial charge in [0.15, 0.2) is 0 Å². The van der Waals surface area contributed by atoms with Crippen molar-refractivity contribution in [1.29, 1.82) is 0 Å². The second-order valence-electron chi connectivity index (χ2n) is 4.00. The molecular formula is C11H19N5O. The lowest BCUT2D eigenvalue weighted by Crippen LogP contribution is -2.37. The van der Waals surface area contributed by atoms with Crippen molar-refractivity contribution < 1.29 is 4.79 Å². The van der Waals surface area contributed by atoms with Crippen molar-refractivity contribution in [2.24, 2.45) is 0 Å². The first-order valence-corrected chi connectivity index (χ1v) is 5.42. The summed E-state index contributed by atoms with van der Waals surface area (Å²) in [6.07, 6.45) is 1.75. The molecule has 0 saturated carbocycles. The van der Waals surface area contributed by atoms with Crippen molar-refractivity contribution in [1.82, 2.24) is 15.2 Å². The Balaban J connectivity index is 2.34. The molecule has 0 saturated heterocycles. The summed E-state index contributed by atoms with van der Waals surface area (Å²) in [5, 5.41) is 5.80. The molecule has 0 fully saturated rings. The third-order valence-electron chi connectivity index (χ3n) is 2.15. The summed E-state index contributed by atoms with van der Waals surface area (Å²) in [5.74, 6) is 0.648. The highest BCUT2D eigenvalue weighted by molar-refractivity contribution is 5.73. The SMILES string of the molecule is Cc1cnc(NCCNC(=O)N(C)C)c(N)c1. The first kappa shape index (κ1) is 13.1. The van der Waals surface area contributed by atoms with Gasteiger partial charge in [0.05, 0.1) is 5.69 Å². The molecule has 0 aliphatic carbocycles. The number of pyridine rings is 1. The van der Waals surface area contributed by atoms with Gasteiger partial charge in [-0.3, -0.25) is 0 Å². The van der Waals surface area contributed by atoms with E-state index in [1.807, 2.05) is 13.0 Å². The van der Waals surface area contributed by atoms with E-state index >= 15 is 0 Å². The molecule has 0 unspecified atom stereocenters. The zero-order chi connectivity index (χ0) is 12.8. The maximum absolute atomic E-state index is 11.2. The number of aryl methyl sites for hydroxylation is 1. The Bertz CT molecular complexity index is 391. The molecule has 6 heteroatoms. The number of nitrogen functional groups attached to an aromatic ring is 1. The Morgan fingerprint density at radius 2 is 2.18 bits per heavy atom. The number of carbonyl (C=O) groups is 1. The van der Waals surface area contributed by atoms with Crippen LogP contribution in [-0.4, -0.2) is 43.1 Å². The molecule has 1 aromatic rings. The predicted octanol–water partition coefficient (Wildman–Crippen LogP) is 0.655. The maximum atomic E-state index is 11.2. The highest BCUT2D eigenvalue weighted by Gasteiger charge is 2.02. The smallest absolute Gasteiger partial charge is 0.316 e. The summed E-state index contributed by atoms with van der Waals surface area (Å²) in [4.78, 5) is 16.9. The number of hydrogen-bond donors (Lipinski definition) is 3. The summed E-state index contributed by atoms with van der Waals surface area (Å²) in [6.45, 7) is 3.04. The van der Waals surface area contributed by atoms with Crippen LogP contribution in [0.4, 0.5) is 16.3 Å². The molecule has 6 nitrogen and oxygen atoms in total. The lowest BCUT2D eigenvalue weighted by Gasteiger charge is -2.13. The Kier molecular flexibility index (Phi) is 4.56. The minimum atomic E-state index is -0.114. The minimum Gasteiger partial charge on any atom is -0.396 e. The molecular weight excluding hydrogens is 218 g/mol. The Hall–Kier alpha value is -1.98. The first-order chi connectivity index (χ1) is 8.00. The lowest BCUT2D eigenvalue weighted by atomic mass is 10.3. The van der Waals surface area contributed by atoms with E-state index in [1.54, 1.807) is 20.3 Å². The van der Waals surface area contributed by atoms with Gasteiger partial charge in [-0.15, -0.1) is 0 Å². The largest absolute Gasteiger partial charge is 0.396 e. The van der Waals surface area contributed by atoms with Gasteiger partial charge in [-0.25, -0.2) is 9.78 Å². The van der Waals surface area contributed by atoms with E-state index in [1.165, 1.54) is 4.90 Å². The van der Waals surface area contributed by atoms with Gasteiger partial charge in [0, 0.05) is 33.4 Å². The monoisotopic (exact) mass is 237 g/mol. The molecule has 0 aliphatic heterocycles. The van der Waals surface area contributed by atoms with Crippen LogP contribution in [-0.2, 0) is 0 Å². The number of hydrogen-bond acceptors (Lipinski definition) is 4. The summed E-state index contributed by atoms with van der Waals surface area (Å²) in [5.41, 5.74) is 7.43. The fourth-order valence-corrected chi connectivity index (χ4v) is 1.25. The van der Waals surface area contributed by atoms with Gasteiger partial charge in [-0.2, -0.15) is 0 Å². The van der Waals surface area contributed by atoms with Crippen molar-refractivity contribution in [3.8, 4) is 0 Å². The first-order valence-electron chi connectivity index (χ1n) is 5.42. The Labute approximate surface area is 101 Å². The van der Waals surface area contributed by atoms with E-state index in [2.05, 4.69) is 15.6 Å². The topological polar surface area (TPSA) is 83.3 Å². The van der Waals surface area contributed by atoms with Crippen LogP contribution < -0.4 is 16.4 Å². The molecule has 1 rings (SSSR count). The van der Waals surface area contributed by atoms with Gasteiger partial charge >= 0.3 is 6.03 Å². The molecule has 0 atom stereocenters. The number of nitrogens with one attached hydrogen (secondary N) is 2. The molecule has 0 radical (unpaired) electrons. The Morgan fingerprint density at radius 1 is 1.47 bits per heavy atom. The van der Waals surface area contributed by atoms with Crippen LogP contribution in [0, 0.1) is 6.92 Å². The number of nitrogens with two attached hydrogens (primary N) is 1. The van der Waals surface area contributed by atoms with Crippen LogP contribution >= 0.6 is 0 Å². The zero-order valence-corrected chi connectivity index (χ0v) is 10.4. The molecule has 1 heterocycles. The predicted molar refractivity (Wildman–Crippen MR) is 69.0 cm³/mol. The molecule has 2 amide bonds. The standard InChI is InChI=1S/C11H19N5O/c1-8-6-9(12)10(15-7-8)13-4-5-14-11(17)16(2)3/h6-7H,4-5,12H2,1-3H3,(H,13,15)(H,14,17). The average molecular weight is 237 g/mol. The molecule has 1 aromatic heterocycles. The van der Waals surface area contributed by atoms with Crippen LogP contribution in [0.25, 0.3) is 0 Å². The number of rotatable bonds is 4. The number of aromatic nitrogens is 1. The van der Waals surface area contributed by atoms with Crippen molar-refractivity contribution in [2.75, 3.05) is 38.2 Å². The summed E-state index contributed by atoms with van der Waals surface area (Å²) >= 11 is 0. The average Bonchev–Trinajstić information content (AvgIpc) is 2.26. The number of amides is 2. The maximum Gasteiger partial charge on any atom is 0.316 e. The normalized spacial score (nSPS) is 9.82. The lowest BCUT2D eigenvalue weighted by molar-refractivity contribution is 0.218. The van der Waals surface area contributed by atoms with E-state index in [9.17, 15) is 4.79 Å². The van der Waals surface area contributed by atoms with Gasteiger partial charge in [0.25, 0.3) is 0 Å². The summed E-state index contributed by atoms with van der Waals surface area (Å²) in [7, 11) is 3.39. The molecule has 17 heavy (non-hydrogen) atoms. The third-order valence-corrected chi connectivity index (χ3v) is 2.15. The highest BCUT2D eigenvalue weighted by atomic mass is 16.2. The molecule has 0 aromatic carbocycles. The molecule has 0 aliphatic rings. The summed E-state index contributed by atoms with van der Waals surface area (Å²) < 4.78 is 0. The van der Waals surface area contributed by atoms with Gasteiger partial charge < -0.3 is 21.3 Å². The van der Waals surface area contributed by atoms with E-state index in [0.29, 0.717) is 24.6 Å². The van der Waals surface area contributed by atoms with Crippen molar-refractivity contribution in [3.05, 3.63) is 17.8 Å². The van der Waals surface area contributed by atoms with Crippen LogP contribution in [0.3, 0.4) is 0 Å². The third kappa shape index (κ3) is 4.18. The second-order valence-corrected chi connectivity index (χ2v) is 4.00. The fourth-order valence-electron chi connectivity index (χ4n) is 1.25. The number of carbonyl (C=O) groups excluding carboxylic acids is 1. The molecule has 0 bridgehead atoms. The van der Waals surface area contributed by atoms with Crippen molar-refractivity contribution in [3.63, 3.8) is 0 Å². The quantitative estimate of drug-likeness (QED) is 0.672. The van der Waals surface area contributed by atoms with Gasteiger partial charge in [0.1, 0.15) is 5.82 Å². The fraction of sp³-hybridized carbons (Fsp3) is 0.455. The van der Waals surface area contributed by atoms with Gasteiger partial charge in [0.2, 0.25) is 0 Å². The Morgan fingerprint density at radius 3 is 2.76 bits per heavy atom. The van der Waals surface area contributed by atoms with Crippen molar-refractivity contribution >= 4 is 17.5 Å². The van der Waals surface area contributed by atoms with Gasteiger partial charge in [-0.05, 0) is 18.6 Å². The minimum absolute atomic E-state index is 0.114. The van der Waals surface area contributed by atoms with Crippen LogP contribution in [0.2, 0.25) is 0 Å². The van der Waals surface area contributed by atoms with E-state index < -0.39 is 0 Å². The van der Waals surface area contributed by atoms with Crippen LogP contribution in [0.15, 0.2) is 12.3 Å². The van der Waals surface area contributed by atoms with E-state index in [0.717, 1.165) is 5.56 Å². The van der Waals surface area contributed by atoms with E-state index in [4.69, 9.17) is 5.73 Å². The number of anilines is 2. The van der Waals surface area contributed by atoms with Crippen LogP contribution in [0.5, 0.6) is 0 Å². The number of nitrogens with zero attached hydrogens (tertiary/aromatic N) is 2. The van der Waals surface area contributed by atoms with Crippen LogP contribution in [0.1, 0.15) is 5.56 Å².